The number of nitrogens with one attached hydrogen (secondary N) is 2. The van der Waals surface area contributed by atoms with Gasteiger partial charge in [0, 0.05) is 22.3 Å². The number of nitrogens with zero attached hydrogens (tertiary/aromatic N) is 2. The Kier molecular flexibility index (Phi) is 5.17. The summed E-state index contributed by atoms with van der Waals surface area (Å²) in [5.41, 5.74) is 4.50. The molecule has 2 N–H and O–H groups in total. The maximum atomic E-state index is 4.37. The first-order valence-corrected chi connectivity index (χ1v) is 7.91. The number of aryl methyl sites for hydroxylation is 2. The largest absolute Gasteiger partial charge is 0.370 e. The van der Waals surface area contributed by atoms with Gasteiger partial charge in [0.05, 0.1) is 0 Å². The van der Waals surface area contributed by atoms with E-state index in [2.05, 4.69) is 69.4 Å². The molecule has 2 aromatic rings. The normalized spacial score (nSPS) is 10.5. The van der Waals surface area contributed by atoms with Crippen molar-refractivity contribution in [3.63, 3.8) is 0 Å². The second kappa shape index (κ2) is 6.89. The topological polar surface area (TPSA) is 49.8 Å². The number of hydrogen-bond acceptors (Lipinski definition) is 4. The third kappa shape index (κ3) is 3.73. The van der Waals surface area contributed by atoms with Gasteiger partial charge in [0.25, 0.3) is 0 Å². The molecule has 2 rings (SSSR count). The Bertz CT molecular complexity index is 617. The van der Waals surface area contributed by atoms with Crippen molar-refractivity contribution in [1.29, 1.82) is 0 Å². The molecule has 4 nitrogen and oxygen atoms in total. The number of aromatic nitrogens is 2. The Morgan fingerprint density at radius 2 is 1.67 bits per heavy atom. The second-order valence-corrected chi connectivity index (χ2v) is 6.08. The highest BCUT2D eigenvalue weighted by Gasteiger charge is 2.10. The van der Waals surface area contributed by atoms with Crippen LogP contribution in [0.25, 0.3) is 0 Å². The number of rotatable bonds is 5. The van der Waals surface area contributed by atoms with Crippen LogP contribution in [0.5, 0.6) is 0 Å². The van der Waals surface area contributed by atoms with Gasteiger partial charge in [-0.15, -0.1) is 0 Å². The van der Waals surface area contributed by atoms with Gasteiger partial charge in [-0.05, 0) is 50.5 Å². The van der Waals surface area contributed by atoms with Crippen LogP contribution < -0.4 is 10.6 Å². The van der Waals surface area contributed by atoms with Crippen LogP contribution in [0, 0.1) is 20.8 Å². The number of benzene rings is 1. The Morgan fingerprint density at radius 1 is 1.05 bits per heavy atom. The highest BCUT2D eigenvalue weighted by Crippen LogP contribution is 2.29. The first-order valence-electron chi connectivity index (χ1n) is 7.12. The fourth-order valence-electron chi connectivity index (χ4n) is 2.22. The quantitative estimate of drug-likeness (QED) is 0.819. The maximum absolute atomic E-state index is 4.37. The van der Waals surface area contributed by atoms with E-state index in [-0.39, 0.29) is 0 Å². The van der Waals surface area contributed by atoms with Gasteiger partial charge in [0.2, 0.25) is 0 Å². The third-order valence-corrected chi connectivity index (χ3v) is 3.83. The van der Waals surface area contributed by atoms with Crippen LogP contribution >= 0.6 is 15.9 Å². The molecule has 0 atom stereocenters. The Morgan fingerprint density at radius 3 is 2.29 bits per heavy atom. The molecular formula is C16H21BrN4. The van der Waals surface area contributed by atoms with Gasteiger partial charge >= 0.3 is 0 Å². The Balaban J connectivity index is 2.32. The van der Waals surface area contributed by atoms with Crippen LogP contribution in [-0.4, -0.2) is 16.5 Å². The van der Waals surface area contributed by atoms with Crippen molar-refractivity contribution in [2.75, 3.05) is 17.2 Å². The van der Waals surface area contributed by atoms with Gasteiger partial charge in [0.1, 0.15) is 18.0 Å². The molecule has 0 amide bonds. The molecule has 1 heterocycles. The summed E-state index contributed by atoms with van der Waals surface area (Å²) in [6.45, 7) is 9.26. The minimum atomic E-state index is 0.845. The molecule has 0 aliphatic rings. The van der Waals surface area contributed by atoms with Crippen molar-refractivity contribution < 1.29 is 0 Å². The summed E-state index contributed by atoms with van der Waals surface area (Å²) < 4.78 is 1.09. The zero-order valence-corrected chi connectivity index (χ0v) is 14.5. The van der Waals surface area contributed by atoms with E-state index < -0.39 is 0 Å². The molecule has 0 saturated heterocycles. The summed E-state index contributed by atoms with van der Waals surface area (Å²) in [5, 5.41) is 6.77. The van der Waals surface area contributed by atoms with Crippen LogP contribution in [0.1, 0.15) is 30.0 Å². The van der Waals surface area contributed by atoms with Gasteiger partial charge in [0.15, 0.2) is 0 Å². The van der Waals surface area contributed by atoms with E-state index in [1.54, 1.807) is 6.33 Å². The molecule has 0 fully saturated rings. The van der Waals surface area contributed by atoms with Gasteiger partial charge in [-0.1, -0.05) is 22.9 Å². The molecule has 0 saturated carbocycles. The fourth-order valence-corrected chi connectivity index (χ4v) is 2.91. The van der Waals surface area contributed by atoms with Gasteiger partial charge in [-0.25, -0.2) is 9.97 Å². The molecule has 5 heteroatoms. The van der Waals surface area contributed by atoms with E-state index in [4.69, 9.17) is 0 Å². The number of anilines is 3. The molecule has 0 radical (unpaired) electrons. The smallest absolute Gasteiger partial charge is 0.138 e. The van der Waals surface area contributed by atoms with Crippen molar-refractivity contribution in [3.05, 3.63) is 39.6 Å². The summed E-state index contributed by atoms with van der Waals surface area (Å²) in [4.78, 5) is 8.68. The van der Waals surface area contributed by atoms with E-state index >= 15 is 0 Å². The van der Waals surface area contributed by atoms with E-state index in [1.165, 1.54) is 11.1 Å². The first-order chi connectivity index (χ1) is 10.0. The summed E-state index contributed by atoms with van der Waals surface area (Å²) in [6, 6.07) is 4.20. The van der Waals surface area contributed by atoms with E-state index in [1.807, 2.05) is 6.92 Å². The molecule has 0 aliphatic heterocycles. The fraction of sp³-hybridized carbons (Fsp3) is 0.375. The van der Waals surface area contributed by atoms with Crippen LogP contribution in [-0.2, 0) is 0 Å². The molecule has 0 aliphatic carbocycles. The Hall–Kier alpha value is -1.62. The molecule has 0 spiro atoms. The SMILES string of the molecule is CCCNc1ncnc(Nc2c(C)cc(Br)cc2C)c1C. The zero-order valence-electron chi connectivity index (χ0n) is 12.9. The van der Waals surface area contributed by atoms with Gasteiger partial charge in [-0.3, -0.25) is 0 Å². The predicted molar refractivity (Wildman–Crippen MR) is 92.4 cm³/mol. The summed E-state index contributed by atoms with van der Waals surface area (Å²) in [6.07, 6.45) is 2.66. The minimum Gasteiger partial charge on any atom is -0.370 e. The van der Waals surface area contributed by atoms with Crippen molar-refractivity contribution in [2.24, 2.45) is 0 Å². The second-order valence-electron chi connectivity index (χ2n) is 5.16. The van der Waals surface area contributed by atoms with Gasteiger partial charge < -0.3 is 10.6 Å². The molecular weight excluding hydrogens is 328 g/mol. The van der Waals surface area contributed by atoms with E-state index in [0.717, 1.165) is 40.3 Å². The summed E-state index contributed by atoms with van der Waals surface area (Å²) in [7, 11) is 0. The summed E-state index contributed by atoms with van der Waals surface area (Å²) >= 11 is 3.52. The highest BCUT2D eigenvalue weighted by molar-refractivity contribution is 9.10. The first kappa shape index (κ1) is 15.8. The zero-order chi connectivity index (χ0) is 15.4. The van der Waals surface area contributed by atoms with Crippen molar-refractivity contribution in [3.8, 4) is 0 Å². The number of halogens is 1. The Labute approximate surface area is 134 Å². The highest BCUT2D eigenvalue weighted by atomic mass is 79.9. The standard InChI is InChI=1S/C16H21BrN4/c1-5-6-18-15-12(4)16(20-9-19-15)21-14-10(2)7-13(17)8-11(14)3/h7-9H,5-6H2,1-4H3,(H2,18,19,20,21). The average Bonchev–Trinajstić information content (AvgIpc) is 2.43. The van der Waals surface area contributed by atoms with Gasteiger partial charge in [-0.2, -0.15) is 0 Å². The maximum Gasteiger partial charge on any atom is 0.138 e. The van der Waals surface area contributed by atoms with Crippen LogP contribution in [0.15, 0.2) is 22.9 Å². The van der Waals surface area contributed by atoms with E-state index in [0.29, 0.717) is 0 Å². The molecule has 0 bridgehead atoms. The van der Waals surface area contributed by atoms with Crippen molar-refractivity contribution >= 4 is 33.3 Å². The lowest BCUT2D eigenvalue weighted by Crippen LogP contribution is -2.07. The molecule has 21 heavy (non-hydrogen) atoms. The minimum absolute atomic E-state index is 0.845. The molecule has 0 unspecified atom stereocenters. The predicted octanol–water partition coefficient (Wildman–Crippen LogP) is 4.73. The molecule has 112 valence electrons. The van der Waals surface area contributed by atoms with Crippen LogP contribution in [0.2, 0.25) is 0 Å². The lowest BCUT2D eigenvalue weighted by molar-refractivity contribution is 0.960. The summed E-state index contributed by atoms with van der Waals surface area (Å²) in [5.74, 6) is 1.74. The van der Waals surface area contributed by atoms with Crippen molar-refractivity contribution in [2.45, 2.75) is 34.1 Å². The third-order valence-electron chi connectivity index (χ3n) is 3.37. The lowest BCUT2D eigenvalue weighted by Gasteiger charge is -2.16. The molecule has 1 aromatic carbocycles. The van der Waals surface area contributed by atoms with E-state index in [9.17, 15) is 0 Å². The number of hydrogen-bond donors (Lipinski definition) is 2. The molecule has 1 aromatic heterocycles. The van der Waals surface area contributed by atoms with Crippen LogP contribution in [0.4, 0.5) is 17.3 Å². The monoisotopic (exact) mass is 348 g/mol. The average molecular weight is 349 g/mol. The lowest BCUT2D eigenvalue weighted by atomic mass is 10.1. The van der Waals surface area contributed by atoms with Crippen molar-refractivity contribution in [1.82, 2.24) is 9.97 Å². The van der Waals surface area contributed by atoms with Crippen LogP contribution in [0.3, 0.4) is 0 Å².